The van der Waals surface area contributed by atoms with Gasteiger partial charge < -0.3 is 10.3 Å². The quantitative estimate of drug-likeness (QED) is 0.539. The van der Waals surface area contributed by atoms with Crippen molar-refractivity contribution in [2.24, 2.45) is 5.84 Å². The number of aromatic nitrogens is 1. The summed E-state index contributed by atoms with van der Waals surface area (Å²) < 4.78 is 25.9. The van der Waals surface area contributed by atoms with Crippen LogP contribution in [0.1, 0.15) is 0 Å². The summed E-state index contributed by atoms with van der Waals surface area (Å²) in [4.78, 5) is 5.82. The van der Waals surface area contributed by atoms with E-state index >= 15 is 0 Å². The van der Waals surface area contributed by atoms with Gasteiger partial charge in [-0.05, 0) is 20.2 Å². The number of nitrogen functional groups attached to an aromatic ring is 1. The summed E-state index contributed by atoms with van der Waals surface area (Å²) in [5.41, 5.74) is 2.70. The molecule has 7 nitrogen and oxygen atoms in total. The molecule has 0 unspecified atom stereocenters. The van der Waals surface area contributed by atoms with Crippen LogP contribution in [-0.4, -0.2) is 56.8 Å². The van der Waals surface area contributed by atoms with Crippen LogP contribution in [0, 0.1) is 0 Å². The van der Waals surface area contributed by atoms with Crippen molar-refractivity contribution < 1.29 is 8.42 Å². The molecule has 0 radical (unpaired) electrons. The SMILES string of the molecule is CN(C)CCN(C)S(=O)(=O)c1cnccc1NN. The first-order valence-corrected chi connectivity index (χ1v) is 6.85. The Kier molecular flexibility index (Phi) is 5.03. The number of rotatable bonds is 6. The van der Waals surface area contributed by atoms with Crippen LogP contribution in [0.5, 0.6) is 0 Å². The van der Waals surface area contributed by atoms with Gasteiger partial charge in [-0.2, -0.15) is 4.31 Å². The molecule has 0 spiro atoms. The van der Waals surface area contributed by atoms with Gasteiger partial charge in [0.15, 0.2) is 0 Å². The van der Waals surface area contributed by atoms with Crippen LogP contribution in [0.25, 0.3) is 0 Å². The van der Waals surface area contributed by atoms with Gasteiger partial charge in [-0.3, -0.25) is 10.8 Å². The summed E-state index contributed by atoms with van der Waals surface area (Å²) in [6.07, 6.45) is 2.77. The number of hydrogen-bond donors (Lipinski definition) is 2. The second-order valence-corrected chi connectivity index (χ2v) is 6.16. The van der Waals surface area contributed by atoms with E-state index in [1.807, 2.05) is 19.0 Å². The second-order valence-electron chi connectivity index (χ2n) is 4.15. The zero-order valence-corrected chi connectivity index (χ0v) is 11.6. The van der Waals surface area contributed by atoms with Crippen molar-refractivity contribution in [3.8, 4) is 0 Å². The number of nitrogens with one attached hydrogen (secondary N) is 1. The predicted octanol–water partition coefficient (Wildman–Crippen LogP) is -0.451. The van der Waals surface area contributed by atoms with Gasteiger partial charge in [0.25, 0.3) is 0 Å². The van der Waals surface area contributed by atoms with Gasteiger partial charge in [-0.15, -0.1) is 0 Å². The Morgan fingerprint density at radius 1 is 1.33 bits per heavy atom. The van der Waals surface area contributed by atoms with Crippen LogP contribution in [0.2, 0.25) is 0 Å². The van der Waals surface area contributed by atoms with E-state index in [1.54, 1.807) is 0 Å². The lowest BCUT2D eigenvalue weighted by atomic mass is 10.4. The third-order valence-electron chi connectivity index (χ3n) is 2.49. The Labute approximate surface area is 108 Å². The summed E-state index contributed by atoms with van der Waals surface area (Å²) in [6.45, 7) is 1.04. The topological polar surface area (TPSA) is 91.6 Å². The van der Waals surface area contributed by atoms with E-state index in [4.69, 9.17) is 5.84 Å². The Bertz CT molecular complexity index is 489. The van der Waals surface area contributed by atoms with Crippen molar-refractivity contribution in [1.82, 2.24) is 14.2 Å². The monoisotopic (exact) mass is 273 g/mol. The number of nitrogens with zero attached hydrogens (tertiary/aromatic N) is 3. The van der Waals surface area contributed by atoms with E-state index in [-0.39, 0.29) is 4.90 Å². The number of anilines is 1. The fourth-order valence-corrected chi connectivity index (χ4v) is 2.59. The van der Waals surface area contributed by atoms with Crippen LogP contribution in [0.3, 0.4) is 0 Å². The fourth-order valence-electron chi connectivity index (χ4n) is 1.33. The first kappa shape index (κ1) is 14.8. The molecule has 0 aliphatic rings. The lowest BCUT2D eigenvalue weighted by molar-refractivity contribution is 0.358. The average Bonchev–Trinajstić information content (AvgIpc) is 2.35. The summed E-state index contributed by atoms with van der Waals surface area (Å²) >= 11 is 0. The normalized spacial score (nSPS) is 12.1. The Morgan fingerprint density at radius 2 is 2.00 bits per heavy atom. The summed E-state index contributed by atoms with van der Waals surface area (Å²) in [7, 11) is 1.73. The first-order chi connectivity index (χ1) is 8.39. The highest BCUT2D eigenvalue weighted by Crippen LogP contribution is 2.21. The Balaban J connectivity index is 2.98. The number of sulfonamides is 1. The van der Waals surface area contributed by atoms with E-state index in [2.05, 4.69) is 10.4 Å². The van der Waals surface area contributed by atoms with E-state index in [0.717, 1.165) is 0 Å². The smallest absolute Gasteiger partial charge is 0.246 e. The molecular weight excluding hydrogens is 254 g/mol. The molecule has 0 atom stereocenters. The molecular formula is C10H19N5O2S. The summed E-state index contributed by atoms with van der Waals surface area (Å²) in [6, 6.07) is 1.52. The number of hydrogen-bond acceptors (Lipinski definition) is 6. The molecule has 0 saturated heterocycles. The second kappa shape index (κ2) is 6.10. The van der Waals surface area contributed by atoms with Crippen molar-refractivity contribution in [2.45, 2.75) is 4.90 Å². The lowest BCUT2D eigenvalue weighted by Gasteiger charge is -2.20. The molecule has 0 aliphatic carbocycles. The molecule has 0 aliphatic heterocycles. The van der Waals surface area contributed by atoms with Gasteiger partial charge in [-0.25, -0.2) is 8.42 Å². The molecule has 1 heterocycles. The molecule has 1 aromatic heterocycles. The number of pyridine rings is 1. The molecule has 3 N–H and O–H groups in total. The highest BCUT2D eigenvalue weighted by molar-refractivity contribution is 7.89. The maximum atomic E-state index is 12.3. The minimum absolute atomic E-state index is 0.0776. The predicted molar refractivity (Wildman–Crippen MR) is 70.4 cm³/mol. The maximum absolute atomic E-state index is 12.3. The zero-order valence-electron chi connectivity index (χ0n) is 10.8. The molecule has 18 heavy (non-hydrogen) atoms. The Hall–Kier alpha value is -1.22. The van der Waals surface area contributed by atoms with Gasteiger partial charge in [0, 0.05) is 32.5 Å². The third-order valence-corrected chi connectivity index (χ3v) is 4.37. The summed E-state index contributed by atoms with van der Waals surface area (Å²) in [5, 5.41) is 0. The maximum Gasteiger partial charge on any atom is 0.246 e. The molecule has 1 aromatic rings. The molecule has 0 bridgehead atoms. The highest BCUT2D eigenvalue weighted by Gasteiger charge is 2.23. The first-order valence-electron chi connectivity index (χ1n) is 5.41. The number of nitrogens with two attached hydrogens (primary N) is 1. The largest absolute Gasteiger partial charge is 0.323 e. The van der Waals surface area contributed by atoms with Crippen molar-refractivity contribution in [1.29, 1.82) is 0 Å². The van der Waals surface area contributed by atoms with Crippen LogP contribution in [0.15, 0.2) is 23.4 Å². The molecule has 8 heteroatoms. The van der Waals surface area contributed by atoms with E-state index in [0.29, 0.717) is 18.8 Å². The van der Waals surface area contributed by atoms with Gasteiger partial charge in [0.1, 0.15) is 4.90 Å². The number of likely N-dealkylation sites (N-methyl/N-ethyl adjacent to an activating group) is 2. The molecule has 0 saturated carbocycles. The van der Waals surface area contributed by atoms with E-state index < -0.39 is 10.0 Å². The van der Waals surface area contributed by atoms with Crippen LogP contribution >= 0.6 is 0 Å². The standard InChI is InChI=1S/C10H19N5O2S/c1-14(2)6-7-15(3)18(16,17)10-8-12-5-4-9(10)13-11/h4-5,8H,6-7,11H2,1-3H3,(H,12,13). The van der Waals surface area contributed by atoms with Crippen LogP contribution < -0.4 is 11.3 Å². The molecule has 0 amide bonds. The van der Waals surface area contributed by atoms with Crippen molar-refractivity contribution in [3.05, 3.63) is 18.5 Å². The molecule has 102 valence electrons. The highest BCUT2D eigenvalue weighted by atomic mass is 32.2. The van der Waals surface area contributed by atoms with Crippen molar-refractivity contribution in [2.75, 3.05) is 39.7 Å². The van der Waals surface area contributed by atoms with Crippen molar-refractivity contribution >= 4 is 15.7 Å². The molecule has 0 aromatic carbocycles. The minimum atomic E-state index is -3.58. The minimum Gasteiger partial charge on any atom is -0.323 e. The zero-order chi connectivity index (χ0) is 13.8. The average molecular weight is 273 g/mol. The van der Waals surface area contributed by atoms with Crippen LogP contribution in [0.4, 0.5) is 5.69 Å². The van der Waals surface area contributed by atoms with E-state index in [1.165, 1.54) is 29.8 Å². The van der Waals surface area contributed by atoms with Crippen LogP contribution in [-0.2, 0) is 10.0 Å². The fraction of sp³-hybridized carbons (Fsp3) is 0.500. The Morgan fingerprint density at radius 3 is 2.56 bits per heavy atom. The van der Waals surface area contributed by atoms with E-state index in [9.17, 15) is 8.42 Å². The van der Waals surface area contributed by atoms with Crippen molar-refractivity contribution in [3.63, 3.8) is 0 Å². The number of hydrazine groups is 1. The molecule has 0 fully saturated rings. The van der Waals surface area contributed by atoms with Gasteiger partial charge in [0.2, 0.25) is 10.0 Å². The van der Waals surface area contributed by atoms with Gasteiger partial charge in [0.05, 0.1) is 5.69 Å². The van der Waals surface area contributed by atoms with Gasteiger partial charge >= 0.3 is 0 Å². The van der Waals surface area contributed by atoms with Gasteiger partial charge in [-0.1, -0.05) is 0 Å². The molecule has 1 rings (SSSR count). The lowest BCUT2D eigenvalue weighted by Crippen LogP contribution is -2.34. The third kappa shape index (κ3) is 3.39. The summed E-state index contributed by atoms with van der Waals surface area (Å²) in [5.74, 6) is 5.30.